The first-order valence-corrected chi connectivity index (χ1v) is 9.09. The highest BCUT2D eigenvalue weighted by molar-refractivity contribution is 7.15. The predicted molar refractivity (Wildman–Crippen MR) is 99.0 cm³/mol. The number of ketones is 1. The van der Waals surface area contributed by atoms with E-state index in [1.165, 1.54) is 18.3 Å². The molecule has 0 saturated carbocycles. The van der Waals surface area contributed by atoms with E-state index in [0.29, 0.717) is 34.5 Å². The van der Waals surface area contributed by atoms with Gasteiger partial charge in [-0.3, -0.25) is 9.59 Å². The molecular weight excluding hydrogens is 338 g/mol. The van der Waals surface area contributed by atoms with Crippen LogP contribution >= 0.6 is 11.3 Å². The molecule has 1 atom stereocenters. The van der Waals surface area contributed by atoms with Crippen LogP contribution in [0.15, 0.2) is 30.3 Å². The third kappa shape index (κ3) is 4.82. The van der Waals surface area contributed by atoms with E-state index in [0.717, 1.165) is 5.56 Å². The molecule has 2 rings (SSSR count). The molecule has 1 aromatic heterocycles. The maximum Gasteiger partial charge on any atom is 0.261 e. The largest absolute Gasteiger partial charge is 0.490 e. The lowest BCUT2D eigenvalue weighted by Gasteiger charge is -2.17. The Hall–Kier alpha value is -2.34. The summed E-state index contributed by atoms with van der Waals surface area (Å²) in [5.41, 5.74) is 0.920. The minimum Gasteiger partial charge on any atom is -0.490 e. The lowest BCUT2D eigenvalue weighted by atomic mass is 10.1. The van der Waals surface area contributed by atoms with Crippen LogP contribution in [-0.4, -0.2) is 24.9 Å². The zero-order chi connectivity index (χ0) is 18.4. The molecule has 0 unspecified atom stereocenters. The monoisotopic (exact) mass is 361 g/mol. The fourth-order valence-corrected chi connectivity index (χ4v) is 3.14. The van der Waals surface area contributed by atoms with Crippen molar-refractivity contribution in [1.82, 2.24) is 5.32 Å². The van der Waals surface area contributed by atoms with E-state index in [-0.39, 0.29) is 17.7 Å². The second-order valence-electron chi connectivity index (χ2n) is 5.49. The van der Waals surface area contributed by atoms with Crippen LogP contribution in [0.3, 0.4) is 0 Å². The molecular formula is C19H23NO4S. The number of hydrogen-bond acceptors (Lipinski definition) is 5. The quantitative estimate of drug-likeness (QED) is 0.714. The number of nitrogens with one attached hydrogen (secondary N) is 1. The Labute approximate surface area is 152 Å². The van der Waals surface area contributed by atoms with Gasteiger partial charge in [-0.1, -0.05) is 6.07 Å². The summed E-state index contributed by atoms with van der Waals surface area (Å²) in [6.45, 7) is 8.32. The second kappa shape index (κ2) is 8.67. The van der Waals surface area contributed by atoms with Gasteiger partial charge in [-0.25, -0.2) is 0 Å². The molecule has 0 aliphatic carbocycles. The molecule has 0 radical (unpaired) electrons. The molecule has 6 heteroatoms. The molecule has 1 aromatic carbocycles. The molecule has 0 bridgehead atoms. The summed E-state index contributed by atoms with van der Waals surface area (Å²) in [5.74, 6) is 1.12. The number of hydrogen-bond donors (Lipinski definition) is 1. The Kier molecular flexibility index (Phi) is 6.58. The molecule has 0 aliphatic heterocycles. The molecule has 5 nitrogen and oxygen atoms in total. The first kappa shape index (κ1) is 19.0. The van der Waals surface area contributed by atoms with Crippen molar-refractivity contribution in [3.05, 3.63) is 45.6 Å². The summed E-state index contributed by atoms with van der Waals surface area (Å²) < 4.78 is 11.2. The zero-order valence-electron chi connectivity index (χ0n) is 14.9. The summed E-state index contributed by atoms with van der Waals surface area (Å²) in [6, 6.07) is 8.79. The Balaban J connectivity index is 2.13. The van der Waals surface area contributed by atoms with Gasteiger partial charge < -0.3 is 14.8 Å². The average molecular weight is 361 g/mol. The van der Waals surface area contributed by atoms with E-state index >= 15 is 0 Å². The van der Waals surface area contributed by atoms with Gasteiger partial charge in [0.2, 0.25) is 0 Å². The van der Waals surface area contributed by atoms with Crippen LogP contribution in [0.2, 0.25) is 0 Å². The average Bonchev–Trinajstić information content (AvgIpc) is 3.07. The lowest BCUT2D eigenvalue weighted by molar-refractivity contribution is 0.0943. The van der Waals surface area contributed by atoms with Crippen LogP contribution in [0.1, 0.15) is 58.6 Å². The van der Waals surface area contributed by atoms with Gasteiger partial charge in [0.1, 0.15) is 0 Å². The van der Waals surface area contributed by atoms with Crippen molar-refractivity contribution < 1.29 is 19.1 Å². The molecule has 1 amide bonds. The van der Waals surface area contributed by atoms with Crippen LogP contribution in [0.5, 0.6) is 11.5 Å². The molecule has 1 N–H and O–H groups in total. The minimum atomic E-state index is -0.203. The Morgan fingerprint density at radius 3 is 2.28 bits per heavy atom. The van der Waals surface area contributed by atoms with Crippen LogP contribution in [-0.2, 0) is 0 Å². The van der Waals surface area contributed by atoms with Gasteiger partial charge in [-0.15, -0.1) is 11.3 Å². The van der Waals surface area contributed by atoms with Crippen molar-refractivity contribution >= 4 is 23.0 Å². The van der Waals surface area contributed by atoms with Gasteiger partial charge >= 0.3 is 0 Å². The molecule has 0 saturated heterocycles. The summed E-state index contributed by atoms with van der Waals surface area (Å²) in [5, 5.41) is 2.95. The minimum absolute atomic E-state index is 0.0371. The van der Waals surface area contributed by atoms with E-state index in [1.807, 2.05) is 39.0 Å². The fraction of sp³-hybridized carbons (Fsp3) is 0.368. The van der Waals surface area contributed by atoms with Gasteiger partial charge in [0, 0.05) is 0 Å². The summed E-state index contributed by atoms with van der Waals surface area (Å²) in [6.07, 6.45) is 0. The van der Waals surface area contributed by atoms with E-state index < -0.39 is 0 Å². The van der Waals surface area contributed by atoms with Gasteiger partial charge in [0.05, 0.1) is 29.0 Å². The van der Waals surface area contributed by atoms with E-state index in [2.05, 4.69) is 5.32 Å². The SMILES string of the molecule is CCOc1ccc([C@@H](C)NC(=O)c2ccc(C(C)=O)s2)cc1OCC. The van der Waals surface area contributed by atoms with Crippen molar-refractivity contribution in [2.24, 2.45) is 0 Å². The first-order chi connectivity index (χ1) is 12.0. The maximum absolute atomic E-state index is 12.4. The number of carbonyl (C=O) groups is 2. The molecule has 0 aliphatic rings. The number of carbonyl (C=O) groups excluding carboxylic acids is 2. The Morgan fingerprint density at radius 2 is 1.68 bits per heavy atom. The van der Waals surface area contributed by atoms with E-state index in [9.17, 15) is 9.59 Å². The van der Waals surface area contributed by atoms with Crippen molar-refractivity contribution in [2.45, 2.75) is 33.7 Å². The first-order valence-electron chi connectivity index (χ1n) is 8.27. The highest BCUT2D eigenvalue weighted by atomic mass is 32.1. The van der Waals surface area contributed by atoms with Crippen molar-refractivity contribution in [3.8, 4) is 11.5 Å². The third-order valence-corrected chi connectivity index (χ3v) is 4.78. The van der Waals surface area contributed by atoms with Crippen molar-refractivity contribution in [3.63, 3.8) is 0 Å². The predicted octanol–water partition coefficient (Wildman–Crippen LogP) is 4.24. The van der Waals surface area contributed by atoms with Crippen molar-refractivity contribution in [1.29, 1.82) is 0 Å². The molecule has 2 aromatic rings. The van der Waals surface area contributed by atoms with Crippen LogP contribution in [0, 0.1) is 0 Å². The third-order valence-electron chi connectivity index (χ3n) is 3.59. The lowest BCUT2D eigenvalue weighted by Crippen LogP contribution is -2.25. The Morgan fingerprint density at radius 1 is 1.04 bits per heavy atom. The van der Waals surface area contributed by atoms with Gasteiger partial charge in [-0.05, 0) is 57.5 Å². The normalized spacial score (nSPS) is 11.7. The number of Topliss-reactive ketones (excluding diaryl/α,β-unsaturated/α-hetero) is 1. The second-order valence-corrected chi connectivity index (χ2v) is 6.57. The number of thiophene rings is 1. The molecule has 0 spiro atoms. The number of amides is 1. The van der Waals surface area contributed by atoms with E-state index in [4.69, 9.17) is 9.47 Å². The van der Waals surface area contributed by atoms with Gasteiger partial charge in [0.25, 0.3) is 5.91 Å². The maximum atomic E-state index is 12.4. The van der Waals surface area contributed by atoms with E-state index in [1.54, 1.807) is 12.1 Å². The molecule has 0 fully saturated rings. The van der Waals surface area contributed by atoms with Crippen LogP contribution in [0.4, 0.5) is 0 Å². The van der Waals surface area contributed by atoms with Crippen LogP contribution in [0.25, 0.3) is 0 Å². The molecule has 134 valence electrons. The highest BCUT2D eigenvalue weighted by Gasteiger charge is 2.16. The van der Waals surface area contributed by atoms with Gasteiger partial charge in [-0.2, -0.15) is 0 Å². The van der Waals surface area contributed by atoms with Gasteiger partial charge in [0.15, 0.2) is 17.3 Å². The Bertz CT molecular complexity index is 754. The molecule has 25 heavy (non-hydrogen) atoms. The smallest absolute Gasteiger partial charge is 0.261 e. The standard InChI is InChI=1S/C19H23NO4S/c1-5-23-15-8-7-14(11-16(15)24-6-2)12(3)20-19(22)18-10-9-17(25-18)13(4)21/h7-12H,5-6H2,1-4H3,(H,20,22)/t12-/m1/s1. The number of benzene rings is 1. The van der Waals surface area contributed by atoms with Crippen LogP contribution < -0.4 is 14.8 Å². The fourth-order valence-electron chi connectivity index (χ4n) is 2.34. The number of ether oxygens (including phenoxy) is 2. The number of rotatable bonds is 8. The highest BCUT2D eigenvalue weighted by Crippen LogP contribution is 2.31. The summed E-state index contributed by atoms with van der Waals surface area (Å²) >= 11 is 1.20. The summed E-state index contributed by atoms with van der Waals surface area (Å²) in [7, 11) is 0. The van der Waals surface area contributed by atoms with Crippen molar-refractivity contribution in [2.75, 3.05) is 13.2 Å². The topological polar surface area (TPSA) is 64.6 Å². The summed E-state index contributed by atoms with van der Waals surface area (Å²) in [4.78, 5) is 24.8. The zero-order valence-corrected chi connectivity index (χ0v) is 15.7. The molecule has 1 heterocycles.